The summed E-state index contributed by atoms with van der Waals surface area (Å²) < 4.78 is 0. The summed E-state index contributed by atoms with van der Waals surface area (Å²) in [6.07, 6.45) is 11.8. The molecule has 112 valence electrons. The Morgan fingerprint density at radius 3 is 2.35 bits per heavy atom. The van der Waals surface area contributed by atoms with Crippen molar-refractivity contribution in [3.8, 4) is 0 Å². The molecular weight excluding hydrogens is 264 g/mol. The summed E-state index contributed by atoms with van der Waals surface area (Å²) in [7, 11) is 0. The van der Waals surface area contributed by atoms with Gasteiger partial charge in [0.1, 0.15) is 0 Å². The molecule has 1 aliphatic rings. The smallest absolute Gasteiger partial charge is 0.0590 e. The average Bonchev–Trinajstić information content (AvgIpc) is 2.75. The van der Waals surface area contributed by atoms with Crippen LogP contribution in [0, 0.1) is 5.92 Å². The van der Waals surface area contributed by atoms with Gasteiger partial charge in [0.15, 0.2) is 0 Å². The third-order valence-electron chi connectivity index (χ3n) is 4.85. The summed E-state index contributed by atoms with van der Waals surface area (Å²) in [6.45, 7) is 4.46. The quantitative estimate of drug-likeness (QED) is 0.432. The number of hydrogen-bond donors (Lipinski definition) is 0. The highest BCUT2D eigenvalue weighted by Crippen LogP contribution is 2.36. The van der Waals surface area contributed by atoms with Crippen LogP contribution < -0.4 is 0 Å². The first-order valence-corrected chi connectivity index (χ1v) is 8.94. The van der Waals surface area contributed by atoms with Crippen LogP contribution in [0.25, 0.3) is 0 Å². The van der Waals surface area contributed by atoms with Crippen molar-refractivity contribution in [2.45, 2.75) is 77.0 Å². The third kappa shape index (κ3) is 4.25. The molecule has 2 rings (SSSR count). The molecule has 0 radical (unpaired) electrons. The van der Waals surface area contributed by atoms with E-state index in [-0.39, 0.29) is 5.38 Å². The predicted molar refractivity (Wildman–Crippen MR) is 89.6 cm³/mol. The molecule has 1 saturated carbocycles. The maximum atomic E-state index is 6.81. The number of rotatable bonds is 5. The number of benzene rings is 1. The maximum absolute atomic E-state index is 6.81. The van der Waals surface area contributed by atoms with Crippen molar-refractivity contribution in [1.29, 1.82) is 0 Å². The van der Waals surface area contributed by atoms with Crippen molar-refractivity contribution in [1.82, 2.24) is 0 Å². The Bertz CT molecular complexity index is 402. The first-order valence-electron chi connectivity index (χ1n) is 8.50. The molecule has 0 aromatic heterocycles. The highest BCUT2D eigenvalue weighted by molar-refractivity contribution is 6.20. The molecule has 0 saturated heterocycles. The van der Waals surface area contributed by atoms with Gasteiger partial charge in [-0.05, 0) is 41.9 Å². The van der Waals surface area contributed by atoms with Crippen LogP contribution >= 0.6 is 11.6 Å². The van der Waals surface area contributed by atoms with E-state index in [2.05, 4.69) is 32.0 Å². The lowest BCUT2D eigenvalue weighted by molar-refractivity contribution is 0.422. The van der Waals surface area contributed by atoms with Crippen LogP contribution in [-0.4, -0.2) is 0 Å². The zero-order valence-electron chi connectivity index (χ0n) is 13.1. The van der Waals surface area contributed by atoms with Crippen LogP contribution in [0.1, 0.15) is 80.9 Å². The minimum absolute atomic E-state index is 0.208. The molecule has 0 bridgehead atoms. The summed E-state index contributed by atoms with van der Waals surface area (Å²) in [5.74, 6) is 0.843. The monoisotopic (exact) mass is 292 g/mol. The van der Waals surface area contributed by atoms with Gasteiger partial charge in [0, 0.05) is 0 Å². The number of halogens is 1. The zero-order chi connectivity index (χ0) is 14.4. The van der Waals surface area contributed by atoms with Gasteiger partial charge >= 0.3 is 0 Å². The number of hydrogen-bond acceptors (Lipinski definition) is 0. The van der Waals surface area contributed by atoms with Gasteiger partial charge in [0.05, 0.1) is 5.38 Å². The van der Waals surface area contributed by atoms with E-state index in [4.69, 9.17) is 11.6 Å². The van der Waals surface area contributed by atoms with Gasteiger partial charge < -0.3 is 0 Å². The summed E-state index contributed by atoms with van der Waals surface area (Å²) >= 11 is 6.81. The molecule has 1 atom stereocenters. The second-order valence-corrected chi connectivity index (χ2v) is 6.83. The van der Waals surface area contributed by atoms with E-state index in [0.29, 0.717) is 0 Å². The predicted octanol–water partition coefficient (Wildman–Crippen LogP) is 6.45. The molecule has 1 aromatic carbocycles. The van der Waals surface area contributed by atoms with Crippen LogP contribution in [0.15, 0.2) is 18.2 Å². The van der Waals surface area contributed by atoms with Crippen LogP contribution in [0.2, 0.25) is 0 Å². The molecule has 0 nitrogen and oxygen atoms in total. The lowest BCUT2D eigenvalue weighted by Gasteiger charge is -2.21. The molecule has 1 unspecified atom stereocenters. The number of alkyl halides is 1. The lowest BCUT2D eigenvalue weighted by atomic mass is 9.89. The van der Waals surface area contributed by atoms with Gasteiger partial charge in [-0.25, -0.2) is 0 Å². The Balaban J connectivity index is 2.08. The molecule has 1 fully saturated rings. The van der Waals surface area contributed by atoms with Crippen molar-refractivity contribution in [2.24, 2.45) is 5.92 Å². The average molecular weight is 293 g/mol. The molecule has 0 N–H and O–H groups in total. The maximum Gasteiger partial charge on any atom is 0.0590 e. The second kappa shape index (κ2) is 8.08. The molecule has 1 aromatic rings. The van der Waals surface area contributed by atoms with Gasteiger partial charge in [-0.1, -0.05) is 70.6 Å². The Morgan fingerprint density at radius 2 is 1.75 bits per heavy atom. The van der Waals surface area contributed by atoms with E-state index in [1.54, 1.807) is 0 Å². The van der Waals surface area contributed by atoms with Crippen molar-refractivity contribution in [3.05, 3.63) is 34.9 Å². The minimum atomic E-state index is 0.208. The summed E-state index contributed by atoms with van der Waals surface area (Å²) in [4.78, 5) is 0. The van der Waals surface area contributed by atoms with E-state index in [9.17, 15) is 0 Å². The third-order valence-corrected chi connectivity index (χ3v) is 5.27. The highest BCUT2D eigenvalue weighted by Gasteiger charge is 2.19. The molecule has 0 aliphatic heterocycles. The highest BCUT2D eigenvalue weighted by atomic mass is 35.5. The molecular formula is C19H29Cl. The second-order valence-electron chi connectivity index (χ2n) is 6.30. The molecule has 20 heavy (non-hydrogen) atoms. The molecule has 1 aliphatic carbocycles. The fourth-order valence-corrected chi connectivity index (χ4v) is 3.95. The van der Waals surface area contributed by atoms with Crippen LogP contribution in [-0.2, 0) is 12.8 Å². The first kappa shape index (κ1) is 15.9. The summed E-state index contributed by atoms with van der Waals surface area (Å²) in [6, 6.07) is 6.90. The van der Waals surface area contributed by atoms with Crippen molar-refractivity contribution >= 4 is 11.6 Å². The van der Waals surface area contributed by atoms with Crippen LogP contribution in [0.5, 0.6) is 0 Å². The Hall–Kier alpha value is -0.490. The Morgan fingerprint density at radius 1 is 1.05 bits per heavy atom. The molecule has 0 amide bonds. The van der Waals surface area contributed by atoms with E-state index in [0.717, 1.165) is 18.8 Å². The SMILES string of the molecule is CCc1ccc(CC)c(C(Cl)CC2CCCCCC2)c1. The first-order chi connectivity index (χ1) is 9.74. The number of aryl methyl sites for hydroxylation is 2. The summed E-state index contributed by atoms with van der Waals surface area (Å²) in [5, 5.41) is 0.208. The Labute approximate surface area is 129 Å². The van der Waals surface area contributed by atoms with Gasteiger partial charge in [0.25, 0.3) is 0 Å². The van der Waals surface area contributed by atoms with Crippen LogP contribution in [0.3, 0.4) is 0 Å². The van der Waals surface area contributed by atoms with Crippen molar-refractivity contribution in [2.75, 3.05) is 0 Å². The van der Waals surface area contributed by atoms with Gasteiger partial charge in [0.2, 0.25) is 0 Å². The van der Waals surface area contributed by atoms with Crippen molar-refractivity contribution < 1.29 is 0 Å². The molecule has 0 heterocycles. The van der Waals surface area contributed by atoms with Crippen LogP contribution in [0.4, 0.5) is 0 Å². The standard InChI is InChI=1S/C19H29Cl/c1-3-15-11-12-17(4-2)18(13-15)19(20)14-16-9-7-5-6-8-10-16/h11-13,16,19H,3-10,14H2,1-2H3. The largest absolute Gasteiger partial charge is 0.118 e. The minimum Gasteiger partial charge on any atom is -0.118 e. The van der Waals surface area contributed by atoms with Gasteiger partial charge in [-0.3, -0.25) is 0 Å². The van der Waals surface area contributed by atoms with E-state index in [1.807, 2.05) is 0 Å². The van der Waals surface area contributed by atoms with Crippen molar-refractivity contribution in [3.63, 3.8) is 0 Å². The molecule has 0 spiro atoms. The molecule has 1 heteroatoms. The fraction of sp³-hybridized carbons (Fsp3) is 0.684. The fourth-order valence-electron chi connectivity index (χ4n) is 3.50. The Kier molecular flexibility index (Phi) is 6.42. The van der Waals surface area contributed by atoms with E-state index >= 15 is 0 Å². The summed E-state index contributed by atoms with van der Waals surface area (Å²) in [5.41, 5.74) is 4.26. The van der Waals surface area contributed by atoms with E-state index in [1.165, 1.54) is 61.6 Å². The van der Waals surface area contributed by atoms with Gasteiger partial charge in [-0.2, -0.15) is 0 Å². The zero-order valence-corrected chi connectivity index (χ0v) is 13.9. The lowest BCUT2D eigenvalue weighted by Crippen LogP contribution is -2.06. The topological polar surface area (TPSA) is 0 Å². The normalized spacial score (nSPS) is 18.8. The van der Waals surface area contributed by atoms with E-state index < -0.39 is 0 Å². The van der Waals surface area contributed by atoms with Gasteiger partial charge in [-0.15, -0.1) is 11.6 Å².